The Morgan fingerprint density at radius 2 is 2.43 bits per heavy atom. The van der Waals surface area contributed by atoms with E-state index in [-0.39, 0.29) is 0 Å². The molecule has 0 radical (unpaired) electrons. The zero-order chi connectivity index (χ0) is 9.80. The van der Waals surface area contributed by atoms with E-state index in [1.165, 1.54) is 25.0 Å². The van der Waals surface area contributed by atoms with E-state index in [9.17, 15) is 0 Å². The van der Waals surface area contributed by atoms with E-state index in [1.807, 2.05) is 6.20 Å². The van der Waals surface area contributed by atoms with E-state index in [2.05, 4.69) is 28.1 Å². The zero-order valence-electron chi connectivity index (χ0n) is 8.87. The Morgan fingerprint density at radius 1 is 1.57 bits per heavy atom. The number of nitrogens with zero attached hydrogens (tertiary/aromatic N) is 2. The van der Waals surface area contributed by atoms with Crippen molar-refractivity contribution >= 4 is 0 Å². The zero-order valence-corrected chi connectivity index (χ0v) is 8.87. The highest BCUT2D eigenvalue weighted by Crippen LogP contribution is 2.18. The summed E-state index contributed by atoms with van der Waals surface area (Å²) < 4.78 is 2.08. The Morgan fingerprint density at radius 3 is 3.14 bits per heavy atom. The maximum atomic E-state index is 4.26. The fourth-order valence-electron chi connectivity index (χ4n) is 1.72. The molecule has 1 aromatic rings. The average molecular weight is 193 g/mol. The van der Waals surface area contributed by atoms with Crippen molar-refractivity contribution in [3.05, 3.63) is 18.0 Å². The lowest BCUT2D eigenvalue weighted by molar-refractivity contribution is 0.589. The highest BCUT2D eigenvalue weighted by molar-refractivity contribution is 5.00. The largest absolute Gasteiger partial charge is 0.314 e. The smallest absolute Gasteiger partial charge is 0.0492 e. The molecular weight excluding hydrogens is 174 g/mol. The molecule has 14 heavy (non-hydrogen) atoms. The molecule has 1 N–H and O–H groups in total. The minimum absolute atomic E-state index is 0.839. The van der Waals surface area contributed by atoms with Gasteiger partial charge in [-0.15, -0.1) is 0 Å². The molecule has 0 bridgehead atoms. The second-order valence-corrected chi connectivity index (χ2v) is 3.97. The van der Waals surface area contributed by atoms with Crippen molar-refractivity contribution in [3.8, 4) is 0 Å². The maximum Gasteiger partial charge on any atom is 0.0492 e. The predicted molar refractivity (Wildman–Crippen MR) is 57.2 cm³/mol. The van der Waals surface area contributed by atoms with Gasteiger partial charge in [0.2, 0.25) is 0 Å². The standard InChI is InChI=1S/C11H19N3/c1-2-14-11(7-9-13-14)4-3-8-12-10-5-6-10/h7,9-10,12H,2-6,8H2,1H3. The molecule has 78 valence electrons. The first-order valence-electron chi connectivity index (χ1n) is 5.64. The van der Waals surface area contributed by atoms with Crippen LogP contribution in [-0.2, 0) is 13.0 Å². The molecule has 1 heterocycles. The number of hydrogen-bond acceptors (Lipinski definition) is 2. The summed E-state index contributed by atoms with van der Waals surface area (Å²) in [6, 6.07) is 2.96. The van der Waals surface area contributed by atoms with Gasteiger partial charge in [-0.2, -0.15) is 5.10 Å². The Labute approximate surface area is 85.5 Å². The second-order valence-electron chi connectivity index (χ2n) is 3.97. The van der Waals surface area contributed by atoms with Crippen LogP contribution in [0.2, 0.25) is 0 Å². The van der Waals surface area contributed by atoms with Gasteiger partial charge < -0.3 is 5.32 Å². The molecule has 0 unspecified atom stereocenters. The van der Waals surface area contributed by atoms with Crippen LogP contribution in [0.15, 0.2) is 12.3 Å². The van der Waals surface area contributed by atoms with Crippen LogP contribution in [-0.4, -0.2) is 22.4 Å². The van der Waals surface area contributed by atoms with Gasteiger partial charge in [-0.1, -0.05) is 0 Å². The van der Waals surface area contributed by atoms with Crippen LogP contribution in [0.5, 0.6) is 0 Å². The van der Waals surface area contributed by atoms with Gasteiger partial charge in [0.15, 0.2) is 0 Å². The molecule has 0 spiro atoms. The van der Waals surface area contributed by atoms with Crippen LogP contribution in [0.4, 0.5) is 0 Å². The molecule has 1 fully saturated rings. The molecule has 0 amide bonds. The van der Waals surface area contributed by atoms with Crippen LogP contribution >= 0.6 is 0 Å². The van der Waals surface area contributed by atoms with Crippen LogP contribution in [0.25, 0.3) is 0 Å². The van der Waals surface area contributed by atoms with Crippen molar-refractivity contribution in [2.45, 2.75) is 45.2 Å². The highest BCUT2D eigenvalue weighted by atomic mass is 15.3. The normalized spacial score (nSPS) is 16.1. The first-order chi connectivity index (χ1) is 6.90. The van der Waals surface area contributed by atoms with Crippen molar-refractivity contribution < 1.29 is 0 Å². The summed E-state index contributed by atoms with van der Waals surface area (Å²) in [7, 11) is 0. The lowest BCUT2D eigenvalue weighted by Gasteiger charge is -2.05. The molecule has 1 aliphatic carbocycles. The van der Waals surface area contributed by atoms with Gasteiger partial charge in [0.1, 0.15) is 0 Å². The Bertz CT molecular complexity index is 276. The third-order valence-electron chi connectivity index (χ3n) is 2.72. The third kappa shape index (κ3) is 2.58. The fourth-order valence-corrected chi connectivity index (χ4v) is 1.72. The van der Waals surface area contributed by atoms with Gasteiger partial charge >= 0.3 is 0 Å². The van der Waals surface area contributed by atoms with Gasteiger partial charge in [0, 0.05) is 24.5 Å². The molecule has 2 rings (SSSR count). The fraction of sp³-hybridized carbons (Fsp3) is 0.727. The van der Waals surface area contributed by atoms with Crippen molar-refractivity contribution in [1.29, 1.82) is 0 Å². The van der Waals surface area contributed by atoms with Crippen molar-refractivity contribution in [2.24, 2.45) is 0 Å². The molecule has 3 nitrogen and oxygen atoms in total. The Hall–Kier alpha value is -0.830. The van der Waals surface area contributed by atoms with Crippen molar-refractivity contribution in [3.63, 3.8) is 0 Å². The summed E-state index contributed by atoms with van der Waals surface area (Å²) in [6.07, 6.45) is 7.03. The summed E-state index contributed by atoms with van der Waals surface area (Å²) in [5.74, 6) is 0. The molecule has 1 saturated carbocycles. The first-order valence-corrected chi connectivity index (χ1v) is 5.64. The summed E-state index contributed by atoms with van der Waals surface area (Å²) in [4.78, 5) is 0. The van der Waals surface area contributed by atoms with E-state index < -0.39 is 0 Å². The van der Waals surface area contributed by atoms with Crippen LogP contribution < -0.4 is 5.32 Å². The SMILES string of the molecule is CCn1nccc1CCCNC1CC1. The lowest BCUT2D eigenvalue weighted by atomic mass is 10.2. The summed E-state index contributed by atoms with van der Waals surface area (Å²) in [5, 5.41) is 7.78. The highest BCUT2D eigenvalue weighted by Gasteiger charge is 2.19. The number of aromatic nitrogens is 2. The van der Waals surface area contributed by atoms with E-state index in [1.54, 1.807) is 0 Å². The summed E-state index contributed by atoms with van der Waals surface area (Å²) in [6.45, 7) is 4.27. The van der Waals surface area contributed by atoms with Gasteiger partial charge in [-0.3, -0.25) is 4.68 Å². The summed E-state index contributed by atoms with van der Waals surface area (Å²) >= 11 is 0. The lowest BCUT2D eigenvalue weighted by Crippen LogP contribution is -2.18. The molecule has 0 aliphatic heterocycles. The molecule has 0 aromatic carbocycles. The van der Waals surface area contributed by atoms with E-state index >= 15 is 0 Å². The second kappa shape index (κ2) is 4.60. The van der Waals surface area contributed by atoms with E-state index in [0.717, 1.165) is 25.6 Å². The number of nitrogens with one attached hydrogen (secondary N) is 1. The van der Waals surface area contributed by atoms with Gasteiger partial charge in [-0.05, 0) is 45.2 Å². The first kappa shape index (κ1) is 9.71. The number of hydrogen-bond donors (Lipinski definition) is 1. The summed E-state index contributed by atoms with van der Waals surface area (Å²) in [5.41, 5.74) is 1.37. The van der Waals surface area contributed by atoms with Gasteiger partial charge in [0.05, 0.1) is 0 Å². The van der Waals surface area contributed by atoms with Crippen molar-refractivity contribution in [1.82, 2.24) is 15.1 Å². The Kier molecular flexibility index (Phi) is 3.19. The van der Waals surface area contributed by atoms with Crippen molar-refractivity contribution in [2.75, 3.05) is 6.54 Å². The van der Waals surface area contributed by atoms with E-state index in [0.29, 0.717) is 0 Å². The third-order valence-corrected chi connectivity index (χ3v) is 2.72. The molecule has 0 saturated heterocycles. The molecule has 1 aliphatic rings. The number of rotatable bonds is 6. The van der Waals surface area contributed by atoms with Crippen LogP contribution in [0.3, 0.4) is 0 Å². The topological polar surface area (TPSA) is 29.9 Å². The molecule has 0 atom stereocenters. The monoisotopic (exact) mass is 193 g/mol. The van der Waals surface area contributed by atoms with Crippen LogP contribution in [0, 0.1) is 0 Å². The Balaban J connectivity index is 1.68. The van der Waals surface area contributed by atoms with Gasteiger partial charge in [-0.25, -0.2) is 0 Å². The molecular formula is C11H19N3. The van der Waals surface area contributed by atoms with E-state index in [4.69, 9.17) is 0 Å². The average Bonchev–Trinajstić information content (AvgIpc) is 2.91. The predicted octanol–water partition coefficient (Wildman–Crippen LogP) is 1.59. The molecule has 1 aromatic heterocycles. The quantitative estimate of drug-likeness (QED) is 0.695. The maximum absolute atomic E-state index is 4.26. The minimum Gasteiger partial charge on any atom is -0.314 e. The molecule has 3 heteroatoms. The van der Waals surface area contributed by atoms with Gasteiger partial charge in [0.25, 0.3) is 0 Å². The van der Waals surface area contributed by atoms with Crippen LogP contribution in [0.1, 0.15) is 31.9 Å². The minimum atomic E-state index is 0.839. The number of aryl methyl sites for hydroxylation is 2.